The first-order valence-corrected chi connectivity index (χ1v) is 26.2. The van der Waals surface area contributed by atoms with E-state index in [4.69, 9.17) is 42.6 Å². The Kier molecular flexibility index (Phi) is 12.5. The van der Waals surface area contributed by atoms with Gasteiger partial charge in [-0.2, -0.15) is 0 Å². The second-order valence-corrected chi connectivity index (χ2v) is 20.8. The summed E-state index contributed by atoms with van der Waals surface area (Å²) < 4.78 is 52.5. The van der Waals surface area contributed by atoms with Crippen LogP contribution in [-0.4, -0.2) is 76.7 Å². The molecule has 18 heteroatoms. The molecule has 78 heavy (non-hydrogen) atoms. The summed E-state index contributed by atoms with van der Waals surface area (Å²) in [4.78, 5) is 73.2. The highest BCUT2D eigenvalue weighted by molar-refractivity contribution is 7.14. The number of hydrogen-bond donors (Lipinski definition) is 0. The Hall–Kier alpha value is -8.90. The van der Waals surface area contributed by atoms with Gasteiger partial charge in [0, 0.05) is 106 Å². The van der Waals surface area contributed by atoms with Gasteiger partial charge < -0.3 is 51.8 Å². The van der Waals surface area contributed by atoms with Crippen molar-refractivity contribution in [1.82, 2.24) is 9.13 Å². The van der Waals surface area contributed by atoms with Gasteiger partial charge in [-0.1, -0.05) is 55.5 Å². The maximum atomic E-state index is 13.3. The van der Waals surface area contributed by atoms with Crippen molar-refractivity contribution in [1.29, 1.82) is 0 Å². The Morgan fingerprint density at radius 3 is 1.91 bits per heavy atom. The zero-order valence-corrected chi connectivity index (χ0v) is 43.9. The van der Waals surface area contributed by atoms with Gasteiger partial charge in [-0.3, -0.25) is 9.59 Å². The van der Waals surface area contributed by atoms with Gasteiger partial charge in [0.1, 0.15) is 19.3 Å². The molecule has 396 valence electrons. The van der Waals surface area contributed by atoms with E-state index in [0.717, 1.165) is 66.9 Å². The van der Waals surface area contributed by atoms with Crippen LogP contribution < -0.4 is 9.47 Å². The van der Waals surface area contributed by atoms with Crippen molar-refractivity contribution >= 4 is 68.6 Å². The van der Waals surface area contributed by atoms with E-state index in [1.165, 1.54) is 24.3 Å². The highest BCUT2D eigenvalue weighted by Crippen LogP contribution is 2.50. The van der Waals surface area contributed by atoms with Gasteiger partial charge >= 0.3 is 23.9 Å². The summed E-state index contributed by atoms with van der Waals surface area (Å²) in [5.41, 5.74) is 11.8. The number of aromatic nitrogens is 2. The summed E-state index contributed by atoms with van der Waals surface area (Å²) >= 11 is 1.59. The van der Waals surface area contributed by atoms with Gasteiger partial charge in [0.15, 0.2) is 11.5 Å². The number of aryl methyl sites for hydroxylation is 2. The topological polar surface area (TPSA) is 195 Å². The third-order valence-corrected chi connectivity index (χ3v) is 16.1. The van der Waals surface area contributed by atoms with Crippen molar-refractivity contribution in [3.63, 3.8) is 0 Å². The van der Waals surface area contributed by atoms with E-state index in [-0.39, 0.29) is 41.4 Å². The van der Waals surface area contributed by atoms with Crippen molar-refractivity contribution in [3.05, 3.63) is 176 Å². The molecule has 0 bridgehead atoms. The maximum Gasteiger partial charge on any atom is 0.338 e. The molecule has 14 rings (SSSR count). The van der Waals surface area contributed by atoms with E-state index >= 15 is 0 Å². The number of carbonyl (C=O) groups is 6. The van der Waals surface area contributed by atoms with Crippen molar-refractivity contribution in [3.8, 4) is 21.9 Å². The van der Waals surface area contributed by atoms with Crippen LogP contribution >= 0.6 is 11.3 Å². The first kappa shape index (κ1) is 49.9. The number of benzene rings is 3. The van der Waals surface area contributed by atoms with Gasteiger partial charge in [0.25, 0.3) is 18.9 Å². The zero-order chi connectivity index (χ0) is 54.3. The Balaban J connectivity index is 0.000000121. The van der Waals surface area contributed by atoms with Crippen molar-refractivity contribution in [2.45, 2.75) is 71.4 Å². The number of rotatable bonds is 7. The summed E-state index contributed by atoms with van der Waals surface area (Å²) in [6.45, 7) is 8.08. The van der Waals surface area contributed by atoms with Crippen LogP contribution in [0.15, 0.2) is 143 Å². The number of nitrogens with zero attached hydrogens (tertiary/aromatic N) is 2. The van der Waals surface area contributed by atoms with Gasteiger partial charge in [-0.05, 0) is 73.2 Å². The van der Waals surface area contributed by atoms with E-state index in [1.807, 2.05) is 90.1 Å². The lowest BCUT2D eigenvalue weighted by Gasteiger charge is -2.16. The lowest BCUT2D eigenvalue weighted by atomic mass is 9.97. The van der Waals surface area contributed by atoms with Crippen LogP contribution in [0.1, 0.15) is 82.9 Å². The molecule has 3 aliphatic carbocycles. The number of allylic oxidation sites excluding steroid dienone is 2. The predicted octanol–water partition coefficient (Wildman–Crippen LogP) is 9.54. The minimum Gasteiger partial charge on any atom is -0.485 e. The summed E-state index contributed by atoms with van der Waals surface area (Å²) in [6, 6.07) is 22.1. The molecule has 5 aliphatic heterocycles. The number of ketones is 2. The number of carbonyl (C=O) groups excluding carboxylic acids is 6. The molecule has 3 aromatic carbocycles. The first-order valence-electron chi connectivity index (χ1n) is 25.3. The number of hydrogen-bond acceptors (Lipinski definition) is 16. The fourth-order valence-corrected chi connectivity index (χ4v) is 12.0. The number of fused-ring (bicyclic) bond motifs is 10. The van der Waals surface area contributed by atoms with Crippen LogP contribution in [0.4, 0.5) is 0 Å². The number of cyclic esters (lactones) is 3. The number of para-hydroxylation sites is 1. The molecule has 2 unspecified atom stereocenters. The molecular formula is C60H50N2O15S. The summed E-state index contributed by atoms with van der Waals surface area (Å²) in [5.74, 6) is -0.308. The zero-order valence-electron chi connectivity index (χ0n) is 43.1. The summed E-state index contributed by atoms with van der Waals surface area (Å²) in [6.07, 6.45) is 7.76. The second-order valence-electron chi connectivity index (χ2n) is 19.9. The minimum absolute atomic E-state index is 0.0351. The van der Waals surface area contributed by atoms with Crippen molar-refractivity contribution < 1.29 is 71.4 Å². The molecule has 6 atom stereocenters. The number of esters is 4. The van der Waals surface area contributed by atoms with Crippen LogP contribution in [0.5, 0.6) is 11.5 Å². The van der Waals surface area contributed by atoms with E-state index in [0.29, 0.717) is 64.5 Å². The number of thiophene rings is 1. The van der Waals surface area contributed by atoms with Crippen LogP contribution in [0, 0.1) is 5.92 Å². The quantitative estimate of drug-likeness (QED) is 0.0634. The molecular weight excluding hydrogens is 1020 g/mol. The number of Topliss-reactive ketones (excluding diaryl/α,β-unsaturated/α-hetero) is 2. The van der Waals surface area contributed by atoms with Crippen LogP contribution in [0.2, 0.25) is 0 Å². The number of ether oxygens (including phenoxy) is 9. The molecule has 3 aromatic heterocycles. The average molecular weight is 1070 g/mol. The van der Waals surface area contributed by atoms with Gasteiger partial charge in [-0.15, -0.1) is 11.3 Å². The van der Waals surface area contributed by atoms with Crippen molar-refractivity contribution in [2.24, 2.45) is 20.0 Å². The fraction of sp³-hybridized carbons (Fsp3) is 0.267. The fourth-order valence-electron chi connectivity index (χ4n) is 11.1. The molecule has 8 aliphatic rings. The first-order chi connectivity index (χ1) is 37.6. The van der Waals surface area contributed by atoms with Crippen LogP contribution in [-0.2, 0) is 79.3 Å². The third-order valence-electron chi connectivity index (χ3n) is 15.1. The Morgan fingerprint density at radius 1 is 0.628 bits per heavy atom. The molecule has 0 N–H and O–H groups in total. The van der Waals surface area contributed by atoms with Crippen LogP contribution in [0.3, 0.4) is 0 Å². The molecule has 1 saturated heterocycles. The van der Waals surface area contributed by atoms with E-state index < -0.39 is 30.8 Å². The molecule has 0 amide bonds. The molecule has 0 spiro atoms. The summed E-state index contributed by atoms with van der Waals surface area (Å²) in [7, 11) is 3.80. The monoisotopic (exact) mass is 1070 g/mol. The van der Waals surface area contributed by atoms with E-state index in [2.05, 4.69) is 12.1 Å². The van der Waals surface area contributed by atoms with E-state index in [9.17, 15) is 28.8 Å². The Bertz CT molecular complexity index is 3820. The lowest BCUT2D eigenvalue weighted by molar-refractivity contribution is -0.153. The molecule has 0 saturated carbocycles. The van der Waals surface area contributed by atoms with E-state index in [1.54, 1.807) is 50.3 Å². The lowest BCUT2D eigenvalue weighted by Crippen LogP contribution is -2.14. The van der Waals surface area contributed by atoms with Crippen LogP contribution in [0.25, 0.3) is 32.2 Å². The molecule has 6 aromatic rings. The summed E-state index contributed by atoms with van der Waals surface area (Å²) in [5, 5.41) is 4.08. The maximum absolute atomic E-state index is 13.3. The molecule has 0 radical (unpaired) electrons. The van der Waals surface area contributed by atoms with Gasteiger partial charge in [0.2, 0.25) is 11.6 Å². The third kappa shape index (κ3) is 8.56. The highest BCUT2D eigenvalue weighted by Gasteiger charge is 2.47. The molecule has 17 nitrogen and oxygen atoms in total. The predicted molar refractivity (Wildman–Crippen MR) is 282 cm³/mol. The smallest absolute Gasteiger partial charge is 0.338 e. The SMILES string of the molecule is CC1=CC(O/C=C2/C(=O)c3c(c4cc(-c5scc6c5OCCO6)ccc4n3C)C2C)OC1=O.CC1=C[C@H](O/C=C2/C(=O)O[C@@H]3c4ccccc4C[C@H]23)OC1=O.CC1=C[C@H](O/C=C2\Cc3c(n(C)c4ccccc34)C2=O)OC1=O. The standard InChI is InChI=1S/C25H21NO6S.C18H15NO4.C17H14O5/c1-12-8-19(32-25(12)28)31-10-16-13(2)20-15-9-14(4-5-17(15)26(3)21(20)22(16)27)24-23-18(11-33-24)29-6-7-30-23;1-10-7-15(23-18(10)21)22-9-11-8-13-12-5-3-4-6-14(12)19(2)16(13)17(11)20;1-9-6-14(21-16(9)18)20-8-13-12-7-10-4-2-3-5-11(10)15(12)22-17(13)19/h4-5,8-11,13,19H,6-7H2,1-3H3;3-7,9,15H,8H2,1-2H3;2-6,8,12,14-15H,7H2,1H3/b16-10+;11-9+;13-8+/t;15-;12-,14-,15-/m.11/s1. The normalized spacial score (nSPS) is 24.6. The van der Waals surface area contributed by atoms with Gasteiger partial charge in [-0.25, -0.2) is 19.2 Å². The molecule has 8 heterocycles. The highest BCUT2D eigenvalue weighted by atomic mass is 32.1. The van der Waals surface area contributed by atoms with Crippen molar-refractivity contribution in [2.75, 3.05) is 13.2 Å². The largest absolute Gasteiger partial charge is 0.485 e. The Labute approximate surface area is 450 Å². The Morgan fingerprint density at radius 2 is 1.23 bits per heavy atom. The minimum atomic E-state index is -0.802. The molecule has 1 fully saturated rings. The van der Waals surface area contributed by atoms with Gasteiger partial charge in [0.05, 0.1) is 40.6 Å². The second kappa shape index (κ2) is 19.6. The average Bonchev–Trinajstić information content (AvgIpc) is 4.36.